The van der Waals surface area contributed by atoms with E-state index in [1.165, 1.54) is 6.33 Å². The zero-order chi connectivity index (χ0) is 8.97. The molecule has 3 nitrogen and oxygen atoms in total. The minimum absolute atomic E-state index is 0.660. The quantitative estimate of drug-likeness (QED) is 0.600. The number of hydrogen-bond acceptors (Lipinski definition) is 3. The van der Waals surface area contributed by atoms with Gasteiger partial charge in [0.1, 0.15) is 6.33 Å². The molecule has 0 saturated heterocycles. The molecule has 0 unspecified atom stereocenters. The Kier molecular flexibility index (Phi) is 2.80. The van der Waals surface area contributed by atoms with Crippen molar-refractivity contribution in [2.24, 2.45) is 0 Å². The summed E-state index contributed by atoms with van der Waals surface area (Å²) in [5, 5.41) is 0.988. The van der Waals surface area contributed by atoms with Gasteiger partial charge < -0.3 is 4.42 Å². The van der Waals surface area contributed by atoms with E-state index in [9.17, 15) is 0 Å². The van der Waals surface area contributed by atoms with E-state index in [0.717, 1.165) is 11.1 Å². The second-order valence-corrected chi connectivity index (χ2v) is 2.10. The molecule has 0 radical (unpaired) electrons. The van der Waals surface area contributed by atoms with Gasteiger partial charge in [-0.1, -0.05) is 13.8 Å². The van der Waals surface area contributed by atoms with E-state index in [1.807, 2.05) is 26.8 Å². The lowest BCUT2D eigenvalue weighted by molar-refractivity contribution is 0.602. The van der Waals surface area contributed by atoms with Gasteiger partial charge in [0.25, 0.3) is 0 Å². The molecule has 0 aliphatic rings. The molecule has 3 heteroatoms. The Balaban J connectivity index is 0.000000336. The molecule has 0 amide bonds. The van der Waals surface area contributed by atoms with Crippen LogP contribution < -0.4 is 0 Å². The molecule has 2 rings (SSSR count). The molecule has 0 aliphatic carbocycles. The maximum Gasteiger partial charge on any atom is 0.229 e. The Labute approximate surface area is 71.4 Å². The van der Waals surface area contributed by atoms with E-state index in [-0.39, 0.29) is 0 Å². The Morgan fingerprint density at radius 3 is 2.67 bits per heavy atom. The van der Waals surface area contributed by atoms with Crippen LogP contribution in [-0.4, -0.2) is 9.97 Å². The Bertz CT molecular complexity index is 354. The average Bonchev–Trinajstić information content (AvgIpc) is 2.57. The monoisotopic (exact) mass is 164 g/mol. The molecule has 64 valence electrons. The van der Waals surface area contributed by atoms with Crippen molar-refractivity contribution in [3.8, 4) is 0 Å². The van der Waals surface area contributed by atoms with E-state index < -0.39 is 0 Å². The zero-order valence-electron chi connectivity index (χ0n) is 7.53. The van der Waals surface area contributed by atoms with Crippen LogP contribution in [0.15, 0.2) is 23.1 Å². The van der Waals surface area contributed by atoms with E-state index in [1.54, 1.807) is 6.26 Å². The lowest BCUT2D eigenvalue weighted by atomic mass is 10.3. The number of hydrogen-bond donors (Lipinski definition) is 0. The molecule has 0 aliphatic heterocycles. The van der Waals surface area contributed by atoms with Crippen molar-refractivity contribution in [2.45, 2.75) is 20.8 Å². The lowest BCUT2D eigenvalue weighted by Gasteiger charge is -1.88. The molecular weight excluding hydrogens is 152 g/mol. The summed E-state index contributed by atoms with van der Waals surface area (Å²) in [7, 11) is 0. The van der Waals surface area contributed by atoms with Crippen molar-refractivity contribution in [1.29, 1.82) is 0 Å². The predicted octanol–water partition coefficient (Wildman–Crippen LogP) is 2.56. The SMILES string of the molecule is CC.Cc1ncnc2occc12. The number of furan rings is 1. The molecule has 2 aromatic rings. The molecule has 0 aromatic carbocycles. The summed E-state index contributed by atoms with van der Waals surface area (Å²) >= 11 is 0. The van der Waals surface area contributed by atoms with E-state index in [2.05, 4.69) is 9.97 Å². The van der Waals surface area contributed by atoms with Crippen molar-refractivity contribution < 1.29 is 4.42 Å². The topological polar surface area (TPSA) is 38.9 Å². The molecule has 0 saturated carbocycles. The predicted molar refractivity (Wildman–Crippen MR) is 47.9 cm³/mol. The Hall–Kier alpha value is -1.38. The third kappa shape index (κ3) is 1.44. The van der Waals surface area contributed by atoms with Gasteiger partial charge in [0.05, 0.1) is 17.3 Å². The third-order valence-electron chi connectivity index (χ3n) is 1.46. The van der Waals surface area contributed by atoms with Crippen LogP contribution in [0.25, 0.3) is 11.1 Å². The fourth-order valence-electron chi connectivity index (χ4n) is 0.914. The van der Waals surface area contributed by atoms with E-state index in [4.69, 9.17) is 4.42 Å². The van der Waals surface area contributed by atoms with Gasteiger partial charge >= 0.3 is 0 Å². The standard InChI is InChI=1S/C7H6N2O.C2H6/c1-5-6-2-3-10-7(6)9-4-8-5;1-2/h2-4H,1H3;1-2H3. The molecule has 0 bridgehead atoms. The maximum atomic E-state index is 5.05. The van der Waals surface area contributed by atoms with Gasteiger partial charge in [-0.3, -0.25) is 0 Å². The van der Waals surface area contributed by atoms with Crippen molar-refractivity contribution in [2.75, 3.05) is 0 Å². The third-order valence-corrected chi connectivity index (χ3v) is 1.46. The van der Waals surface area contributed by atoms with Crippen molar-refractivity contribution in [1.82, 2.24) is 9.97 Å². The maximum absolute atomic E-state index is 5.05. The summed E-state index contributed by atoms with van der Waals surface area (Å²) in [6, 6.07) is 1.87. The van der Waals surface area contributed by atoms with Crippen LogP contribution in [0.3, 0.4) is 0 Å². The van der Waals surface area contributed by atoms with Crippen molar-refractivity contribution >= 4 is 11.1 Å². The number of fused-ring (bicyclic) bond motifs is 1. The van der Waals surface area contributed by atoms with Gasteiger partial charge in [-0.25, -0.2) is 9.97 Å². The highest BCUT2D eigenvalue weighted by molar-refractivity contribution is 5.74. The smallest absolute Gasteiger partial charge is 0.229 e. The van der Waals surface area contributed by atoms with Gasteiger partial charge in [-0.05, 0) is 13.0 Å². The molecule has 2 heterocycles. The van der Waals surface area contributed by atoms with Gasteiger partial charge in [0.15, 0.2) is 0 Å². The van der Waals surface area contributed by atoms with E-state index >= 15 is 0 Å². The average molecular weight is 164 g/mol. The fourth-order valence-corrected chi connectivity index (χ4v) is 0.914. The van der Waals surface area contributed by atoms with Crippen LogP contribution in [0, 0.1) is 6.92 Å². The minimum atomic E-state index is 0.660. The van der Waals surface area contributed by atoms with Crippen LogP contribution in [0.2, 0.25) is 0 Å². The molecular formula is C9H12N2O. The Morgan fingerprint density at radius 1 is 1.25 bits per heavy atom. The van der Waals surface area contributed by atoms with Crippen molar-refractivity contribution in [3.63, 3.8) is 0 Å². The number of rotatable bonds is 0. The number of nitrogens with zero attached hydrogens (tertiary/aromatic N) is 2. The van der Waals surface area contributed by atoms with Crippen LogP contribution in [0.4, 0.5) is 0 Å². The molecule has 12 heavy (non-hydrogen) atoms. The fraction of sp³-hybridized carbons (Fsp3) is 0.333. The largest absolute Gasteiger partial charge is 0.446 e. The van der Waals surface area contributed by atoms with Gasteiger partial charge in [0, 0.05) is 0 Å². The number of aryl methyl sites for hydroxylation is 1. The van der Waals surface area contributed by atoms with Crippen LogP contribution in [-0.2, 0) is 0 Å². The first-order chi connectivity index (χ1) is 5.88. The normalized spacial score (nSPS) is 9.25. The number of aromatic nitrogens is 2. The van der Waals surface area contributed by atoms with Crippen LogP contribution >= 0.6 is 0 Å². The highest BCUT2D eigenvalue weighted by Gasteiger charge is 1.99. The summed E-state index contributed by atoms with van der Waals surface area (Å²) in [6.07, 6.45) is 3.12. The van der Waals surface area contributed by atoms with E-state index in [0.29, 0.717) is 5.71 Å². The first kappa shape index (κ1) is 8.71. The summed E-state index contributed by atoms with van der Waals surface area (Å²) in [4.78, 5) is 7.93. The summed E-state index contributed by atoms with van der Waals surface area (Å²) in [5.74, 6) is 0. The Morgan fingerprint density at radius 2 is 2.00 bits per heavy atom. The van der Waals surface area contributed by atoms with Gasteiger partial charge in [0.2, 0.25) is 5.71 Å². The van der Waals surface area contributed by atoms with Gasteiger partial charge in [-0.15, -0.1) is 0 Å². The summed E-state index contributed by atoms with van der Waals surface area (Å²) < 4.78 is 5.05. The van der Waals surface area contributed by atoms with Crippen LogP contribution in [0.5, 0.6) is 0 Å². The highest BCUT2D eigenvalue weighted by Crippen LogP contribution is 2.13. The summed E-state index contributed by atoms with van der Waals surface area (Å²) in [5.41, 5.74) is 1.62. The molecule has 0 atom stereocenters. The second kappa shape index (κ2) is 3.85. The molecule has 0 N–H and O–H groups in total. The van der Waals surface area contributed by atoms with Crippen LogP contribution in [0.1, 0.15) is 19.5 Å². The highest BCUT2D eigenvalue weighted by atomic mass is 16.3. The first-order valence-electron chi connectivity index (χ1n) is 4.03. The lowest BCUT2D eigenvalue weighted by Crippen LogP contribution is -1.81. The first-order valence-corrected chi connectivity index (χ1v) is 4.03. The second-order valence-electron chi connectivity index (χ2n) is 2.10. The molecule has 2 aromatic heterocycles. The summed E-state index contributed by atoms with van der Waals surface area (Å²) in [6.45, 7) is 5.93. The molecule has 0 fully saturated rings. The van der Waals surface area contributed by atoms with Crippen molar-refractivity contribution in [3.05, 3.63) is 24.4 Å². The molecule has 0 spiro atoms. The van der Waals surface area contributed by atoms with Gasteiger partial charge in [-0.2, -0.15) is 0 Å². The minimum Gasteiger partial charge on any atom is -0.446 e. The zero-order valence-corrected chi connectivity index (χ0v) is 7.53.